The van der Waals surface area contributed by atoms with Gasteiger partial charge >= 0.3 is 11.9 Å². The quantitative estimate of drug-likeness (QED) is 0.173. The van der Waals surface area contributed by atoms with E-state index in [2.05, 4.69) is 10.3 Å². The number of carbonyl (C=O) groups is 3. The van der Waals surface area contributed by atoms with E-state index < -0.39 is 17.8 Å². The Morgan fingerprint density at radius 3 is 1.97 bits per heavy atom. The summed E-state index contributed by atoms with van der Waals surface area (Å²) in [5.74, 6) is -1.58. The van der Waals surface area contributed by atoms with Crippen molar-refractivity contribution in [1.29, 1.82) is 0 Å². The SMILES string of the molecule is COCCOC1=C(OCCOC)C(=Cc2cc(CCCCCC(=O)O)c(CCCCCC(=O)O)[nH]2)NC1=O. The number of carbonyl (C=O) groups excluding carboxylic acids is 1. The first kappa shape index (κ1) is 30.9. The topological polar surface area (TPSA) is 156 Å². The second-order valence-electron chi connectivity index (χ2n) is 8.99. The molecule has 1 aliphatic heterocycles. The third-order valence-electron chi connectivity index (χ3n) is 5.94. The van der Waals surface area contributed by atoms with Gasteiger partial charge in [-0.1, -0.05) is 12.8 Å². The number of carboxylic acid groups (broad SMARTS) is 2. The molecule has 212 valence electrons. The standard InChI is InChI=1S/C27H40N2O9/c1-35-13-15-37-25-22(29-27(34)26(25)38-16-14-36-2)18-20-17-19(9-5-3-7-11-23(30)31)21(28-20)10-6-4-8-12-24(32)33/h17-18,28H,3-16H2,1-2H3,(H,29,34)(H,30,31)(H,32,33). The van der Waals surface area contributed by atoms with Crippen LogP contribution in [0.5, 0.6) is 0 Å². The Balaban J connectivity index is 2.20. The molecule has 1 aliphatic rings. The minimum Gasteiger partial charge on any atom is -0.485 e. The van der Waals surface area contributed by atoms with Gasteiger partial charge in [-0.3, -0.25) is 14.4 Å². The molecule has 1 aromatic heterocycles. The van der Waals surface area contributed by atoms with Gasteiger partial charge in [0, 0.05) is 38.4 Å². The number of aliphatic carboxylic acids is 2. The molecule has 0 fully saturated rings. The molecule has 0 saturated heterocycles. The maximum atomic E-state index is 12.6. The van der Waals surface area contributed by atoms with Crippen molar-refractivity contribution in [3.05, 3.63) is 40.2 Å². The van der Waals surface area contributed by atoms with Gasteiger partial charge in [0.25, 0.3) is 5.91 Å². The van der Waals surface area contributed by atoms with Gasteiger partial charge in [0.15, 0.2) is 5.76 Å². The number of aromatic nitrogens is 1. The number of methoxy groups -OCH3 is 2. The molecule has 0 bridgehead atoms. The molecule has 4 N–H and O–H groups in total. The highest BCUT2D eigenvalue weighted by Gasteiger charge is 2.31. The molecule has 0 aromatic carbocycles. The van der Waals surface area contributed by atoms with Crippen LogP contribution in [0.3, 0.4) is 0 Å². The van der Waals surface area contributed by atoms with Crippen LogP contribution in [-0.2, 0) is 46.2 Å². The fourth-order valence-corrected chi connectivity index (χ4v) is 4.06. The Morgan fingerprint density at radius 2 is 1.39 bits per heavy atom. The number of amides is 1. The molecule has 0 unspecified atom stereocenters. The number of aryl methyl sites for hydroxylation is 2. The van der Waals surface area contributed by atoms with E-state index in [9.17, 15) is 14.4 Å². The number of ether oxygens (including phenoxy) is 4. The summed E-state index contributed by atoms with van der Waals surface area (Å²) in [6.45, 7) is 1.10. The normalized spacial score (nSPS) is 14.3. The number of rotatable bonds is 21. The van der Waals surface area contributed by atoms with Gasteiger partial charge in [-0.05, 0) is 56.2 Å². The lowest BCUT2D eigenvalue weighted by atomic mass is 10.0. The van der Waals surface area contributed by atoms with Gasteiger partial charge in [-0.2, -0.15) is 0 Å². The molecular weight excluding hydrogens is 496 g/mol. The number of unbranched alkanes of at least 4 members (excludes halogenated alkanes) is 4. The van der Waals surface area contributed by atoms with E-state index in [0.29, 0.717) is 37.5 Å². The van der Waals surface area contributed by atoms with Crippen LogP contribution in [0.1, 0.15) is 68.3 Å². The lowest BCUT2D eigenvalue weighted by Crippen LogP contribution is -2.18. The van der Waals surface area contributed by atoms with Crippen LogP contribution in [0.25, 0.3) is 6.08 Å². The molecular formula is C27H40N2O9. The molecule has 38 heavy (non-hydrogen) atoms. The Morgan fingerprint density at radius 1 is 0.816 bits per heavy atom. The van der Waals surface area contributed by atoms with E-state index in [1.165, 1.54) is 0 Å². The molecule has 0 aliphatic carbocycles. The molecule has 0 radical (unpaired) electrons. The third kappa shape index (κ3) is 11.0. The first-order chi connectivity index (χ1) is 18.3. The Kier molecular flexibility index (Phi) is 14.0. The highest BCUT2D eigenvalue weighted by atomic mass is 16.6. The largest absolute Gasteiger partial charge is 0.485 e. The maximum absolute atomic E-state index is 12.6. The molecule has 11 nitrogen and oxygen atoms in total. The Labute approximate surface area is 223 Å². The van der Waals surface area contributed by atoms with Gasteiger partial charge in [-0.15, -0.1) is 0 Å². The number of H-pyrrole nitrogens is 1. The summed E-state index contributed by atoms with van der Waals surface area (Å²) >= 11 is 0. The molecule has 2 rings (SSSR count). The van der Waals surface area contributed by atoms with Crippen molar-refractivity contribution in [3.63, 3.8) is 0 Å². The second-order valence-corrected chi connectivity index (χ2v) is 8.99. The van der Waals surface area contributed by atoms with Crippen molar-refractivity contribution in [2.75, 3.05) is 40.6 Å². The van der Waals surface area contributed by atoms with Gasteiger partial charge in [0.05, 0.1) is 18.9 Å². The summed E-state index contributed by atoms with van der Waals surface area (Å²) in [5.41, 5.74) is 3.43. The number of carboxylic acids is 2. The highest BCUT2D eigenvalue weighted by Crippen LogP contribution is 2.26. The smallest absolute Gasteiger partial charge is 0.303 e. The minimum atomic E-state index is -0.790. The van der Waals surface area contributed by atoms with Crippen LogP contribution in [0.15, 0.2) is 23.3 Å². The van der Waals surface area contributed by atoms with E-state index in [-0.39, 0.29) is 31.8 Å². The molecule has 1 amide bonds. The summed E-state index contributed by atoms with van der Waals surface area (Å²) in [6, 6.07) is 2.03. The fourth-order valence-electron chi connectivity index (χ4n) is 4.06. The molecule has 2 heterocycles. The molecule has 11 heteroatoms. The zero-order valence-corrected chi connectivity index (χ0v) is 22.3. The zero-order valence-electron chi connectivity index (χ0n) is 22.3. The molecule has 0 saturated carbocycles. The lowest BCUT2D eigenvalue weighted by Gasteiger charge is -2.10. The van der Waals surface area contributed by atoms with Gasteiger partial charge in [0.2, 0.25) is 5.76 Å². The highest BCUT2D eigenvalue weighted by molar-refractivity contribution is 5.99. The van der Waals surface area contributed by atoms with Gasteiger partial charge in [-0.25, -0.2) is 0 Å². The summed E-state index contributed by atoms with van der Waals surface area (Å²) in [7, 11) is 3.11. The summed E-state index contributed by atoms with van der Waals surface area (Å²) in [6.07, 6.45) is 8.24. The fraction of sp³-hybridized carbons (Fsp3) is 0.593. The van der Waals surface area contributed by atoms with E-state index in [1.54, 1.807) is 20.3 Å². The maximum Gasteiger partial charge on any atom is 0.303 e. The van der Waals surface area contributed by atoms with Gasteiger partial charge < -0.3 is 39.5 Å². The van der Waals surface area contributed by atoms with Crippen molar-refractivity contribution < 1.29 is 43.5 Å². The van der Waals surface area contributed by atoms with Crippen LogP contribution in [0, 0.1) is 0 Å². The average molecular weight is 537 g/mol. The third-order valence-corrected chi connectivity index (χ3v) is 5.94. The van der Waals surface area contributed by atoms with Crippen LogP contribution >= 0.6 is 0 Å². The molecule has 0 spiro atoms. The molecule has 0 atom stereocenters. The predicted octanol–water partition coefficient (Wildman–Crippen LogP) is 3.40. The van der Waals surface area contributed by atoms with Crippen molar-refractivity contribution in [3.8, 4) is 0 Å². The number of aromatic amines is 1. The first-order valence-corrected chi connectivity index (χ1v) is 13.0. The van der Waals surface area contributed by atoms with Gasteiger partial charge in [0.1, 0.15) is 13.2 Å². The summed E-state index contributed by atoms with van der Waals surface area (Å²) < 4.78 is 21.5. The van der Waals surface area contributed by atoms with Crippen LogP contribution in [-0.4, -0.2) is 73.7 Å². The van der Waals surface area contributed by atoms with Crippen LogP contribution in [0.2, 0.25) is 0 Å². The number of hydrogen-bond donors (Lipinski definition) is 4. The van der Waals surface area contributed by atoms with Crippen molar-refractivity contribution in [2.45, 2.75) is 64.2 Å². The number of nitrogens with one attached hydrogen (secondary N) is 2. The first-order valence-electron chi connectivity index (χ1n) is 13.0. The van der Waals surface area contributed by atoms with E-state index in [0.717, 1.165) is 55.5 Å². The lowest BCUT2D eigenvalue weighted by molar-refractivity contribution is -0.138. The van der Waals surface area contributed by atoms with Crippen molar-refractivity contribution in [2.24, 2.45) is 0 Å². The molecule has 1 aromatic rings. The van der Waals surface area contributed by atoms with Crippen molar-refractivity contribution in [1.82, 2.24) is 10.3 Å². The summed E-state index contributed by atoms with van der Waals surface area (Å²) in [4.78, 5) is 37.6. The second kappa shape index (κ2) is 17.2. The number of hydrogen-bond acceptors (Lipinski definition) is 7. The van der Waals surface area contributed by atoms with Crippen LogP contribution < -0.4 is 5.32 Å². The monoisotopic (exact) mass is 536 g/mol. The minimum absolute atomic E-state index is 0.0910. The zero-order chi connectivity index (χ0) is 27.8. The van der Waals surface area contributed by atoms with Crippen LogP contribution in [0.4, 0.5) is 0 Å². The van der Waals surface area contributed by atoms with E-state index in [4.69, 9.17) is 29.2 Å². The summed E-state index contributed by atoms with van der Waals surface area (Å²) in [5, 5.41) is 20.5. The average Bonchev–Trinajstić information content (AvgIpc) is 3.38. The predicted molar refractivity (Wildman–Crippen MR) is 139 cm³/mol. The van der Waals surface area contributed by atoms with E-state index in [1.807, 2.05) is 6.07 Å². The Hall–Kier alpha value is -3.31. The van der Waals surface area contributed by atoms with Crippen molar-refractivity contribution >= 4 is 23.9 Å². The van der Waals surface area contributed by atoms with E-state index >= 15 is 0 Å². The Bertz CT molecular complexity index is 940.